The van der Waals surface area contributed by atoms with E-state index in [2.05, 4.69) is 0 Å². The maximum Gasteiger partial charge on any atom is 0.523 e. The van der Waals surface area contributed by atoms with Crippen molar-refractivity contribution in [3.05, 3.63) is 108 Å². The zero-order chi connectivity index (χ0) is 29.7. The van der Waals surface area contributed by atoms with E-state index in [-0.39, 0.29) is 31.7 Å². The molecule has 1 aliphatic heterocycles. The van der Waals surface area contributed by atoms with Crippen molar-refractivity contribution in [3.63, 3.8) is 0 Å². The number of hydrogen-bond donors (Lipinski definition) is 0. The van der Waals surface area contributed by atoms with Gasteiger partial charge in [0, 0.05) is 0 Å². The van der Waals surface area contributed by atoms with Crippen LogP contribution in [0, 0.1) is 5.92 Å². The first-order chi connectivity index (χ1) is 20.1. The van der Waals surface area contributed by atoms with Crippen LogP contribution in [0.15, 0.2) is 91.0 Å². The van der Waals surface area contributed by atoms with E-state index >= 15 is 0 Å². The van der Waals surface area contributed by atoms with Crippen LogP contribution in [-0.2, 0) is 46.5 Å². The van der Waals surface area contributed by atoms with Crippen LogP contribution in [0.4, 0.5) is 13.2 Å². The largest absolute Gasteiger partial charge is 0.523 e. The number of halogens is 3. The molecular weight excluding hydrogens is 573 g/mol. The molecule has 5 rings (SSSR count). The average Bonchev–Trinajstić information content (AvgIpc) is 3.76. The summed E-state index contributed by atoms with van der Waals surface area (Å²) in [7, 11) is -6.03. The minimum Gasteiger partial charge on any atom is -0.368 e. The molecule has 0 radical (unpaired) electrons. The van der Waals surface area contributed by atoms with Gasteiger partial charge in [-0.15, -0.1) is 0 Å². The van der Waals surface area contributed by atoms with Gasteiger partial charge in [0.05, 0.1) is 25.9 Å². The van der Waals surface area contributed by atoms with Crippen molar-refractivity contribution < 1.29 is 44.7 Å². The van der Waals surface area contributed by atoms with Gasteiger partial charge in [0.15, 0.2) is 12.4 Å². The van der Waals surface area contributed by atoms with Gasteiger partial charge in [0.25, 0.3) is 0 Å². The third-order valence-electron chi connectivity index (χ3n) is 7.44. The quantitative estimate of drug-likeness (QED) is 0.186. The molecule has 11 heteroatoms. The second-order valence-electron chi connectivity index (χ2n) is 10.5. The molecule has 226 valence electrons. The van der Waals surface area contributed by atoms with Crippen LogP contribution in [0.25, 0.3) is 0 Å². The summed E-state index contributed by atoms with van der Waals surface area (Å²) in [4.78, 5) is 0. The predicted molar refractivity (Wildman–Crippen MR) is 147 cm³/mol. The molecule has 2 aliphatic rings. The number of benzene rings is 3. The zero-order valence-electron chi connectivity index (χ0n) is 22.9. The Hall–Kier alpha value is -2.80. The summed E-state index contributed by atoms with van der Waals surface area (Å²) in [6, 6.07) is 28.0. The Kier molecular flexibility index (Phi) is 9.66. The van der Waals surface area contributed by atoms with Crippen molar-refractivity contribution in [3.8, 4) is 0 Å². The topological polar surface area (TPSA) is 80.3 Å². The van der Waals surface area contributed by atoms with Crippen LogP contribution < -0.4 is 0 Å². The van der Waals surface area contributed by atoms with Gasteiger partial charge in [-0.3, -0.25) is 4.18 Å². The van der Waals surface area contributed by atoms with Gasteiger partial charge in [-0.2, -0.15) is 21.6 Å². The van der Waals surface area contributed by atoms with Gasteiger partial charge in [-0.05, 0) is 41.9 Å². The summed E-state index contributed by atoms with van der Waals surface area (Å²) in [6.45, 7) is 1.89. The maximum atomic E-state index is 13.5. The van der Waals surface area contributed by atoms with Crippen molar-refractivity contribution in [2.24, 2.45) is 5.92 Å². The van der Waals surface area contributed by atoms with Crippen LogP contribution in [0.5, 0.6) is 0 Å². The molecule has 0 aromatic heterocycles. The highest BCUT2D eigenvalue weighted by molar-refractivity contribution is 7.87. The minimum absolute atomic E-state index is 0.0270. The molecule has 0 unspecified atom stereocenters. The molecule has 7 nitrogen and oxygen atoms in total. The Bertz CT molecular complexity index is 1370. The first kappa shape index (κ1) is 30.7. The lowest BCUT2D eigenvalue weighted by Gasteiger charge is -2.44. The van der Waals surface area contributed by atoms with Gasteiger partial charge < -0.3 is 18.9 Å². The summed E-state index contributed by atoms with van der Waals surface area (Å²) < 4.78 is 94.2. The summed E-state index contributed by atoms with van der Waals surface area (Å²) in [5.74, 6) is 0.333. The molecule has 0 amide bonds. The van der Waals surface area contributed by atoms with Crippen LogP contribution in [0.3, 0.4) is 0 Å². The highest BCUT2D eigenvalue weighted by Gasteiger charge is 2.55. The zero-order valence-corrected chi connectivity index (χ0v) is 23.7. The average molecular weight is 607 g/mol. The molecule has 7 atom stereocenters. The van der Waals surface area contributed by atoms with E-state index in [1.807, 2.05) is 66.7 Å². The SMILES string of the molecule is C[C@@H]1O[C@H](OC[C@@H]2C[C@H]2c2ccccc2)[C@@H](OS(=O)(=O)C(F)(F)F)[C@H](OCc2ccccc2)[C@H]1OCc1ccccc1. The van der Waals surface area contributed by atoms with Crippen molar-refractivity contribution in [2.75, 3.05) is 6.61 Å². The second kappa shape index (κ2) is 13.2. The van der Waals surface area contributed by atoms with E-state index in [0.29, 0.717) is 0 Å². The van der Waals surface area contributed by atoms with Gasteiger partial charge in [-0.25, -0.2) is 0 Å². The molecular formula is C31H33F3O7S. The van der Waals surface area contributed by atoms with Crippen LogP contribution in [0.2, 0.25) is 0 Å². The number of rotatable bonds is 12. The minimum atomic E-state index is -6.03. The fourth-order valence-corrected chi connectivity index (χ4v) is 5.72. The maximum absolute atomic E-state index is 13.5. The highest BCUT2D eigenvalue weighted by Crippen LogP contribution is 2.48. The second-order valence-corrected chi connectivity index (χ2v) is 12.1. The van der Waals surface area contributed by atoms with Crippen molar-refractivity contribution in [1.29, 1.82) is 0 Å². The Morgan fingerprint density at radius 3 is 1.83 bits per heavy atom. The first-order valence-electron chi connectivity index (χ1n) is 13.7. The van der Waals surface area contributed by atoms with Crippen molar-refractivity contribution in [2.45, 2.75) is 68.7 Å². The van der Waals surface area contributed by atoms with Gasteiger partial charge >= 0.3 is 15.6 Å². The molecule has 42 heavy (non-hydrogen) atoms. The molecule has 3 aromatic carbocycles. The standard InChI is InChI=1S/C31H33F3O7S/c1-21-27(37-18-22-11-5-2-6-12-22)28(38-19-23-13-7-3-8-14-23)29(41-42(35,36)31(32,33)34)30(40-21)39-20-25-17-26(25)24-15-9-4-10-16-24/h2-16,21,25-30H,17-20H2,1H3/t21-,25-,26-,27-,28+,29-,30-/m0/s1. The monoisotopic (exact) mass is 606 g/mol. The first-order valence-corrected chi connectivity index (χ1v) is 15.2. The molecule has 1 heterocycles. The van der Waals surface area contributed by atoms with Gasteiger partial charge in [-0.1, -0.05) is 91.0 Å². The molecule has 1 aliphatic carbocycles. The van der Waals surface area contributed by atoms with Gasteiger partial charge in [0.1, 0.15) is 12.2 Å². The van der Waals surface area contributed by atoms with E-state index in [1.165, 1.54) is 0 Å². The van der Waals surface area contributed by atoms with Crippen LogP contribution >= 0.6 is 0 Å². The van der Waals surface area contributed by atoms with E-state index in [1.54, 1.807) is 31.2 Å². The fourth-order valence-electron chi connectivity index (χ4n) is 5.12. The van der Waals surface area contributed by atoms with Gasteiger partial charge in [0.2, 0.25) is 0 Å². The molecule has 2 fully saturated rings. The smallest absolute Gasteiger partial charge is 0.368 e. The molecule has 0 bridgehead atoms. The van der Waals surface area contributed by atoms with Crippen molar-refractivity contribution >= 4 is 10.1 Å². The lowest BCUT2D eigenvalue weighted by atomic mass is 9.99. The Morgan fingerprint density at radius 1 is 0.762 bits per heavy atom. The fraction of sp³-hybridized carbons (Fsp3) is 0.419. The van der Waals surface area contributed by atoms with Crippen LogP contribution in [-0.4, -0.2) is 51.2 Å². The lowest BCUT2D eigenvalue weighted by molar-refractivity contribution is -0.305. The summed E-state index contributed by atoms with van der Waals surface area (Å²) in [5, 5.41) is 0. The Morgan fingerprint density at radius 2 is 1.29 bits per heavy atom. The molecule has 1 saturated heterocycles. The predicted octanol–water partition coefficient (Wildman–Crippen LogP) is 5.96. The molecule has 3 aromatic rings. The van der Waals surface area contributed by atoms with E-state index in [0.717, 1.165) is 23.1 Å². The number of alkyl halides is 3. The molecule has 1 saturated carbocycles. The number of ether oxygens (including phenoxy) is 4. The normalized spacial score (nSPS) is 28.0. The van der Waals surface area contributed by atoms with E-state index < -0.39 is 46.3 Å². The van der Waals surface area contributed by atoms with Crippen LogP contribution in [0.1, 0.15) is 36.0 Å². The Balaban J connectivity index is 1.39. The lowest BCUT2D eigenvalue weighted by Crippen LogP contribution is -2.61. The Labute approximate surface area is 243 Å². The summed E-state index contributed by atoms with van der Waals surface area (Å²) in [6.07, 6.45) is -5.38. The van der Waals surface area contributed by atoms with Crippen molar-refractivity contribution in [1.82, 2.24) is 0 Å². The van der Waals surface area contributed by atoms with E-state index in [9.17, 15) is 21.6 Å². The summed E-state index contributed by atoms with van der Waals surface area (Å²) in [5.41, 5.74) is -2.97. The van der Waals surface area contributed by atoms with E-state index in [4.69, 9.17) is 23.1 Å². The summed E-state index contributed by atoms with van der Waals surface area (Å²) >= 11 is 0. The molecule has 0 spiro atoms. The third-order valence-corrected chi connectivity index (χ3v) is 8.49. The number of hydrogen-bond acceptors (Lipinski definition) is 7. The highest BCUT2D eigenvalue weighted by atomic mass is 32.2. The molecule has 0 N–H and O–H groups in total. The third kappa shape index (κ3) is 7.58.